The van der Waals surface area contributed by atoms with Crippen molar-refractivity contribution in [2.24, 2.45) is 5.73 Å². The summed E-state index contributed by atoms with van der Waals surface area (Å²) >= 11 is 9.15. The van der Waals surface area contributed by atoms with Gasteiger partial charge in [-0.25, -0.2) is 0 Å². The van der Waals surface area contributed by atoms with Crippen LogP contribution in [0.1, 0.15) is 5.56 Å². The first-order valence-corrected chi connectivity index (χ1v) is 6.81. The lowest BCUT2D eigenvalue weighted by atomic mass is 10.2. The number of nitro groups is 1. The fraction of sp³-hybridized carbons (Fsp3) is 0. The molecule has 0 radical (unpaired) electrons. The largest absolute Gasteiger partial charge is 0.455 e. The average molecular weight is 371 g/mol. The van der Waals surface area contributed by atoms with Crippen molar-refractivity contribution >= 4 is 39.1 Å². The number of nitro benzene ring substituents is 1. The summed E-state index contributed by atoms with van der Waals surface area (Å²) in [7, 11) is 0. The van der Waals surface area contributed by atoms with Gasteiger partial charge >= 0.3 is 0 Å². The molecule has 0 spiro atoms. The number of ether oxygens (including phenoxy) is 1. The van der Waals surface area contributed by atoms with Crippen LogP contribution in [-0.4, -0.2) is 10.8 Å². The van der Waals surface area contributed by atoms with E-state index in [0.29, 0.717) is 15.1 Å². The number of benzene rings is 2. The Hall–Kier alpha value is -2.12. The molecule has 0 fully saturated rings. The van der Waals surface area contributed by atoms with Crippen molar-refractivity contribution < 1.29 is 9.66 Å². The first kappa shape index (κ1) is 15.3. The van der Waals surface area contributed by atoms with E-state index in [1.165, 1.54) is 24.3 Å². The average Bonchev–Trinajstić information content (AvgIpc) is 2.40. The Morgan fingerprint density at radius 1 is 1.29 bits per heavy atom. The van der Waals surface area contributed by atoms with E-state index < -0.39 is 4.92 Å². The van der Waals surface area contributed by atoms with Crippen molar-refractivity contribution in [1.29, 1.82) is 5.41 Å². The maximum absolute atomic E-state index is 10.8. The van der Waals surface area contributed by atoms with Gasteiger partial charge in [0.05, 0.1) is 21.0 Å². The third-order valence-electron chi connectivity index (χ3n) is 2.58. The van der Waals surface area contributed by atoms with Crippen LogP contribution in [0, 0.1) is 15.5 Å². The molecule has 8 heteroatoms. The molecule has 0 saturated heterocycles. The standard InChI is InChI=1S/C13H9BrClN3O3/c14-10-4-2-8(18(19)20)6-12(10)21-11-5-7(15)1-3-9(11)13(16)17/h1-6H,(H3,16,17). The number of rotatable bonds is 4. The molecule has 0 aromatic heterocycles. The normalized spacial score (nSPS) is 10.2. The molecular weight excluding hydrogens is 362 g/mol. The van der Waals surface area contributed by atoms with Gasteiger partial charge in [-0.05, 0) is 34.1 Å². The Bertz CT molecular complexity index is 737. The van der Waals surface area contributed by atoms with Gasteiger partial charge in [-0.2, -0.15) is 0 Å². The number of nitrogens with two attached hydrogens (primary N) is 1. The summed E-state index contributed by atoms with van der Waals surface area (Å²) in [5, 5.41) is 18.7. The molecule has 6 nitrogen and oxygen atoms in total. The molecule has 0 unspecified atom stereocenters. The molecule has 3 N–H and O–H groups in total. The third-order valence-corrected chi connectivity index (χ3v) is 3.47. The highest BCUT2D eigenvalue weighted by Gasteiger charge is 2.14. The van der Waals surface area contributed by atoms with Gasteiger partial charge in [0, 0.05) is 17.2 Å². The molecule has 0 saturated carbocycles. The first-order valence-electron chi connectivity index (χ1n) is 5.64. The van der Waals surface area contributed by atoms with Crippen molar-refractivity contribution in [3.8, 4) is 11.5 Å². The van der Waals surface area contributed by atoms with Crippen molar-refractivity contribution in [3.63, 3.8) is 0 Å². The molecule has 0 heterocycles. The number of amidine groups is 1. The van der Waals surface area contributed by atoms with Gasteiger partial charge < -0.3 is 10.5 Å². The third kappa shape index (κ3) is 3.50. The highest BCUT2D eigenvalue weighted by Crippen LogP contribution is 2.35. The van der Waals surface area contributed by atoms with Gasteiger partial charge in [-0.3, -0.25) is 15.5 Å². The van der Waals surface area contributed by atoms with E-state index in [2.05, 4.69) is 15.9 Å². The van der Waals surface area contributed by atoms with Crippen LogP contribution < -0.4 is 10.5 Å². The van der Waals surface area contributed by atoms with E-state index in [4.69, 9.17) is 27.5 Å². The lowest BCUT2D eigenvalue weighted by Crippen LogP contribution is -2.12. The minimum absolute atomic E-state index is 0.111. The van der Waals surface area contributed by atoms with E-state index in [1.54, 1.807) is 12.1 Å². The Balaban J connectivity index is 2.47. The molecule has 0 aliphatic heterocycles. The Labute approximate surface area is 133 Å². The van der Waals surface area contributed by atoms with Crippen molar-refractivity contribution in [3.05, 3.63) is 61.6 Å². The van der Waals surface area contributed by atoms with E-state index >= 15 is 0 Å². The maximum atomic E-state index is 10.8. The monoisotopic (exact) mass is 369 g/mol. The van der Waals surface area contributed by atoms with E-state index in [9.17, 15) is 10.1 Å². The summed E-state index contributed by atoms with van der Waals surface area (Å²) < 4.78 is 6.15. The Kier molecular flexibility index (Phi) is 4.44. The van der Waals surface area contributed by atoms with Gasteiger partial charge in [-0.1, -0.05) is 11.6 Å². The summed E-state index contributed by atoms with van der Waals surface area (Å²) in [6.07, 6.45) is 0. The van der Waals surface area contributed by atoms with Crippen molar-refractivity contribution in [2.75, 3.05) is 0 Å². The van der Waals surface area contributed by atoms with Gasteiger partial charge in [0.25, 0.3) is 5.69 Å². The summed E-state index contributed by atoms with van der Waals surface area (Å²) in [4.78, 5) is 10.3. The predicted octanol–water partition coefficient (Wildman–Crippen LogP) is 4.09. The molecule has 2 aromatic rings. The summed E-state index contributed by atoms with van der Waals surface area (Å²) in [5.41, 5.74) is 5.71. The minimum atomic E-state index is -0.525. The van der Waals surface area contributed by atoms with Crippen molar-refractivity contribution in [2.45, 2.75) is 0 Å². The zero-order valence-corrected chi connectivity index (χ0v) is 12.8. The van der Waals surface area contributed by atoms with E-state index in [-0.39, 0.29) is 23.0 Å². The molecule has 108 valence electrons. The van der Waals surface area contributed by atoms with Crippen LogP contribution in [0.15, 0.2) is 40.9 Å². The number of nitrogens with one attached hydrogen (secondary N) is 1. The van der Waals surface area contributed by atoms with Crippen LogP contribution in [0.25, 0.3) is 0 Å². The Morgan fingerprint density at radius 3 is 2.62 bits per heavy atom. The molecule has 0 atom stereocenters. The van der Waals surface area contributed by atoms with E-state index in [0.717, 1.165) is 0 Å². The lowest BCUT2D eigenvalue weighted by Gasteiger charge is -2.12. The van der Waals surface area contributed by atoms with E-state index in [1.807, 2.05) is 0 Å². The highest BCUT2D eigenvalue weighted by atomic mass is 79.9. The summed E-state index contributed by atoms with van der Waals surface area (Å²) in [5.74, 6) is 0.286. The number of non-ortho nitro benzene ring substituents is 1. The van der Waals surface area contributed by atoms with Crippen molar-refractivity contribution in [1.82, 2.24) is 0 Å². The first-order chi connectivity index (χ1) is 9.88. The molecule has 21 heavy (non-hydrogen) atoms. The second-order valence-electron chi connectivity index (χ2n) is 4.03. The molecule has 0 aliphatic carbocycles. The summed E-state index contributed by atoms with van der Waals surface area (Å²) in [6, 6.07) is 8.74. The van der Waals surface area contributed by atoms with Crippen LogP contribution in [0.4, 0.5) is 5.69 Å². The van der Waals surface area contributed by atoms with Crippen LogP contribution in [0.2, 0.25) is 5.02 Å². The molecule has 0 bridgehead atoms. The fourth-order valence-electron chi connectivity index (χ4n) is 1.61. The maximum Gasteiger partial charge on any atom is 0.273 e. The second-order valence-corrected chi connectivity index (χ2v) is 5.32. The lowest BCUT2D eigenvalue weighted by molar-refractivity contribution is -0.384. The quantitative estimate of drug-likeness (QED) is 0.366. The van der Waals surface area contributed by atoms with Crippen LogP contribution in [0.5, 0.6) is 11.5 Å². The molecule has 0 aliphatic rings. The zero-order chi connectivity index (χ0) is 15.6. The smallest absolute Gasteiger partial charge is 0.273 e. The number of halogens is 2. The van der Waals surface area contributed by atoms with Crippen LogP contribution >= 0.6 is 27.5 Å². The van der Waals surface area contributed by atoms with Gasteiger partial charge in [0.2, 0.25) is 0 Å². The fourth-order valence-corrected chi connectivity index (χ4v) is 2.10. The summed E-state index contributed by atoms with van der Waals surface area (Å²) in [6.45, 7) is 0. The highest BCUT2D eigenvalue weighted by molar-refractivity contribution is 9.10. The predicted molar refractivity (Wildman–Crippen MR) is 83.3 cm³/mol. The van der Waals surface area contributed by atoms with Gasteiger partial charge in [-0.15, -0.1) is 0 Å². The van der Waals surface area contributed by atoms with Crippen LogP contribution in [0.3, 0.4) is 0 Å². The minimum Gasteiger partial charge on any atom is -0.455 e. The molecule has 2 aromatic carbocycles. The molecule has 0 amide bonds. The van der Waals surface area contributed by atoms with Gasteiger partial charge in [0.15, 0.2) is 0 Å². The number of nitrogens with zero attached hydrogens (tertiary/aromatic N) is 1. The Morgan fingerprint density at radius 2 is 2.00 bits per heavy atom. The molecule has 2 rings (SSSR count). The SMILES string of the molecule is N=C(N)c1ccc(Cl)cc1Oc1cc([N+](=O)[O-])ccc1Br. The number of hydrogen-bond acceptors (Lipinski definition) is 4. The zero-order valence-electron chi connectivity index (χ0n) is 10.5. The number of hydrogen-bond donors (Lipinski definition) is 2. The van der Waals surface area contributed by atoms with Gasteiger partial charge in [0.1, 0.15) is 17.3 Å². The second kappa shape index (κ2) is 6.11. The topological polar surface area (TPSA) is 102 Å². The number of nitrogen functional groups attached to an aromatic ring is 1. The van der Waals surface area contributed by atoms with Crippen LogP contribution in [-0.2, 0) is 0 Å². The molecular formula is C13H9BrClN3O3.